The summed E-state index contributed by atoms with van der Waals surface area (Å²) in [7, 11) is 0. The first-order valence-electron chi connectivity index (χ1n) is 5.01. The Balaban J connectivity index is 2.27. The minimum Gasteiger partial charge on any atom is -0.285 e. The predicted molar refractivity (Wildman–Crippen MR) is 58.5 cm³/mol. The quantitative estimate of drug-likeness (QED) is 0.469. The molecule has 0 fully saturated rings. The van der Waals surface area contributed by atoms with Gasteiger partial charge >= 0.3 is 0 Å². The maximum absolute atomic E-state index is 12.0. The number of rotatable bonds is 1. The number of benzene rings is 1. The van der Waals surface area contributed by atoms with Gasteiger partial charge in [-0.25, -0.2) is 4.98 Å². The molecule has 1 aromatic heterocycles. The number of aromatic nitrogens is 2. The Labute approximate surface area is 99.8 Å². The zero-order valence-corrected chi connectivity index (χ0v) is 8.86. The maximum Gasteiger partial charge on any atom is 0.270 e. The Morgan fingerprint density at radius 1 is 1.22 bits per heavy atom. The minimum absolute atomic E-state index is 0.0204. The van der Waals surface area contributed by atoms with Gasteiger partial charge in [-0.2, -0.15) is 0 Å². The zero-order valence-electron chi connectivity index (χ0n) is 8.86. The topological polar surface area (TPSA) is 95.1 Å². The second kappa shape index (κ2) is 3.33. The van der Waals surface area contributed by atoms with Gasteiger partial charge in [0.15, 0.2) is 5.82 Å². The lowest BCUT2D eigenvalue weighted by atomic mass is 9.98. The SMILES string of the molecule is O=C1c2cc([N+](=O)[O-])ccc2C(=O)n2ccnc21. The fourth-order valence-corrected chi connectivity index (χ4v) is 1.91. The summed E-state index contributed by atoms with van der Waals surface area (Å²) in [4.78, 5) is 37.9. The van der Waals surface area contributed by atoms with Crippen molar-refractivity contribution in [3.8, 4) is 0 Å². The van der Waals surface area contributed by atoms with Crippen molar-refractivity contribution < 1.29 is 14.5 Å². The second-order valence-electron chi connectivity index (χ2n) is 3.74. The Bertz CT molecular complexity index is 717. The molecule has 1 aromatic carbocycles. The molecule has 0 saturated carbocycles. The van der Waals surface area contributed by atoms with Gasteiger partial charge in [-0.15, -0.1) is 0 Å². The van der Waals surface area contributed by atoms with E-state index in [9.17, 15) is 19.7 Å². The number of non-ortho nitro benzene ring substituents is 1. The van der Waals surface area contributed by atoms with E-state index in [0.29, 0.717) is 0 Å². The minimum atomic E-state index is -0.612. The van der Waals surface area contributed by atoms with Gasteiger partial charge in [0.1, 0.15) is 0 Å². The van der Waals surface area contributed by atoms with Crippen molar-refractivity contribution in [2.45, 2.75) is 0 Å². The second-order valence-corrected chi connectivity index (χ2v) is 3.74. The van der Waals surface area contributed by atoms with E-state index in [1.54, 1.807) is 0 Å². The third-order valence-electron chi connectivity index (χ3n) is 2.75. The Kier molecular flexibility index (Phi) is 1.91. The number of hydrogen-bond donors (Lipinski definition) is 0. The normalized spacial score (nSPS) is 13.1. The van der Waals surface area contributed by atoms with Crippen LogP contribution < -0.4 is 0 Å². The number of carbonyl (C=O) groups is 2. The van der Waals surface area contributed by atoms with E-state index in [1.165, 1.54) is 24.5 Å². The van der Waals surface area contributed by atoms with Crippen molar-refractivity contribution >= 4 is 17.4 Å². The number of imidazole rings is 1. The molecule has 0 atom stereocenters. The van der Waals surface area contributed by atoms with E-state index in [0.717, 1.165) is 10.6 Å². The van der Waals surface area contributed by atoms with Gasteiger partial charge < -0.3 is 0 Å². The third kappa shape index (κ3) is 1.21. The number of nitrogens with zero attached hydrogens (tertiary/aromatic N) is 3. The van der Waals surface area contributed by atoms with E-state index in [4.69, 9.17) is 0 Å². The summed E-state index contributed by atoms with van der Waals surface area (Å²) in [5.41, 5.74) is -0.0566. The molecule has 0 saturated heterocycles. The van der Waals surface area contributed by atoms with Gasteiger partial charge in [-0.1, -0.05) is 0 Å². The molecular formula is C11H5N3O4. The van der Waals surface area contributed by atoms with Gasteiger partial charge in [0.25, 0.3) is 11.6 Å². The first kappa shape index (κ1) is 10.3. The molecule has 88 valence electrons. The highest BCUT2D eigenvalue weighted by molar-refractivity contribution is 6.19. The number of fused-ring (bicyclic) bond motifs is 2. The summed E-state index contributed by atoms with van der Waals surface area (Å²) in [6.45, 7) is 0. The number of hydrogen-bond acceptors (Lipinski definition) is 5. The Morgan fingerprint density at radius 2 is 2.00 bits per heavy atom. The smallest absolute Gasteiger partial charge is 0.270 e. The highest BCUT2D eigenvalue weighted by Crippen LogP contribution is 2.25. The molecule has 0 aliphatic carbocycles. The lowest BCUT2D eigenvalue weighted by Gasteiger charge is -2.14. The predicted octanol–water partition coefficient (Wildman–Crippen LogP) is 1.02. The molecule has 1 aliphatic rings. The monoisotopic (exact) mass is 243 g/mol. The number of carbonyl (C=O) groups excluding carboxylic acids is 2. The fraction of sp³-hybridized carbons (Fsp3) is 0. The number of nitro groups is 1. The van der Waals surface area contributed by atoms with Crippen molar-refractivity contribution in [1.82, 2.24) is 9.55 Å². The van der Waals surface area contributed by atoms with Crippen LogP contribution in [0, 0.1) is 10.1 Å². The van der Waals surface area contributed by atoms with E-state index in [2.05, 4.69) is 4.98 Å². The van der Waals surface area contributed by atoms with E-state index >= 15 is 0 Å². The molecule has 18 heavy (non-hydrogen) atoms. The summed E-state index contributed by atoms with van der Waals surface area (Å²) in [6.07, 6.45) is 2.73. The standard InChI is InChI=1S/C11H5N3O4/c15-9-8-5-6(14(17)18)1-2-7(8)11(16)13-4-3-12-10(9)13/h1-5H. The molecule has 0 unspecified atom stereocenters. The molecule has 0 amide bonds. The summed E-state index contributed by atoms with van der Waals surface area (Å²) in [6, 6.07) is 3.59. The molecule has 7 heteroatoms. The van der Waals surface area contributed by atoms with Crippen LogP contribution in [0.4, 0.5) is 5.69 Å². The molecule has 7 nitrogen and oxygen atoms in total. The summed E-state index contributed by atoms with van der Waals surface area (Å²) in [5, 5.41) is 10.7. The van der Waals surface area contributed by atoms with Crippen molar-refractivity contribution in [1.29, 1.82) is 0 Å². The van der Waals surface area contributed by atoms with Gasteiger partial charge in [-0.3, -0.25) is 24.3 Å². The highest BCUT2D eigenvalue weighted by Gasteiger charge is 2.31. The molecule has 0 spiro atoms. The fourth-order valence-electron chi connectivity index (χ4n) is 1.91. The van der Waals surface area contributed by atoms with Gasteiger partial charge in [0.2, 0.25) is 5.78 Å². The zero-order chi connectivity index (χ0) is 12.9. The van der Waals surface area contributed by atoms with Crippen LogP contribution in [0.3, 0.4) is 0 Å². The molecule has 3 rings (SSSR count). The largest absolute Gasteiger partial charge is 0.285 e. The van der Waals surface area contributed by atoms with Gasteiger partial charge in [0.05, 0.1) is 10.5 Å². The van der Waals surface area contributed by atoms with Crippen molar-refractivity contribution in [2.24, 2.45) is 0 Å². The van der Waals surface area contributed by atoms with Crippen LogP contribution >= 0.6 is 0 Å². The average molecular weight is 243 g/mol. The summed E-state index contributed by atoms with van der Waals surface area (Å²) >= 11 is 0. The summed E-state index contributed by atoms with van der Waals surface area (Å²) in [5.74, 6) is -0.918. The third-order valence-corrected chi connectivity index (χ3v) is 2.75. The van der Waals surface area contributed by atoms with Crippen LogP contribution in [0.2, 0.25) is 0 Å². The number of nitro benzene ring substituents is 1. The first-order valence-corrected chi connectivity index (χ1v) is 5.01. The molecule has 0 N–H and O–H groups in total. The molecular weight excluding hydrogens is 238 g/mol. The van der Waals surface area contributed by atoms with Crippen molar-refractivity contribution in [3.05, 3.63) is 57.7 Å². The van der Waals surface area contributed by atoms with Gasteiger partial charge in [-0.05, 0) is 6.07 Å². The average Bonchev–Trinajstić information content (AvgIpc) is 2.84. The lowest BCUT2D eigenvalue weighted by Crippen LogP contribution is -2.27. The van der Waals surface area contributed by atoms with Crippen LogP contribution in [0.5, 0.6) is 0 Å². The lowest BCUT2D eigenvalue weighted by molar-refractivity contribution is -0.384. The first-order chi connectivity index (χ1) is 8.59. The van der Waals surface area contributed by atoms with E-state index < -0.39 is 16.6 Å². The Hall–Kier alpha value is -2.83. The highest BCUT2D eigenvalue weighted by atomic mass is 16.6. The molecule has 2 aromatic rings. The van der Waals surface area contributed by atoms with Crippen LogP contribution in [0.1, 0.15) is 26.5 Å². The summed E-state index contributed by atoms with van der Waals surface area (Å²) < 4.78 is 1.14. The van der Waals surface area contributed by atoms with Crippen LogP contribution in [-0.4, -0.2) is 26.2 Å². The number of ketones is 1. The van der Waals surface area contributed by atoms with Crippen LogP contribution in [0.25, 0.3) is 0 Å². The van der Waals surface area contributed by atoms with E-state index in [-0.39, 0.29) is 22.6 Å². The van der Waals surface area contributed by atoms with E-state index in [1.807, 2.05) is 0 Å². The molecule has 0 radical (unpaired) electrons. The molecule has 2 heterocycles. The van der Waals surface area contributed by atoms with Crippen LogP contribution in [0.15, 0.2) is 30.6 Å². The van der Waals surface area contributed by atoms with Crippen LogP contribution in [-0.2, 0) is 0 Å². The van der Waals surface area contributed by atoms with Crippen molar-refractivity contribution in [3.63, 3.8) is 0 Å². The van der Waals surface area contributed by atoms with Gasteiger partial charge in [0, 0.05) is 30.1 Å². The Morgan fingerprint density at radius 3 is 2.72 bits per heavy atom. The molecule has 1 aliphatic heterocycles. The van der Waals surface area contributed by atoms with Crippen molar-refractivity contribution in [2.75, 3.05) is 0 Å². The maximum atomic E-state index is 12.0. The molecule has 0 bridgehead atoms.